The van der Waals surface area contributed by atoms with Crippen molar-refractivity contribution in [2.45, 2.75) is 45.2 Å². The summed E-state index contributed by atoms with van der Waals surface area (Å²) < 4.78 is 0. The second-order valence-corrected chi connectivity index (χ2v) is 4.72. The molecule has 0 radical (unpaired) electrons. The van der Waals surface area contributed by atoms with Crippen LogP contribution in [0.15, 0.2) is 4.99 Å². The lowest BCUT2D eigenvalue weighted by molar-refractivity contribution is 0.272. The molecule has 94 valence electrons. The number of hydrogen-bond donors (Lipinski definition) is 3. The zero-order chi connectivity index (χ0) is 12.0. The molecule has 0 saturated heterocycles. The highest BCUT2D eigenvalue weighted by atomic mass is 15.3. The molecule has 1 saturated carbocycles. The molecule has 1 aliphatic rings. The SMILES string of the molecule is CC(C)N(C)CCCN=C(NN)NC1CC1. The number of nitrogens with two attached hydrogens (primary N) is 1. The average molecular weight is 227 g/mol. The molecule has 0 spiro atoms. The smallest absolute Gasteiger partial charge is 0.205 e. The summed E-state index contributed by atoms with van der Waals surface area (Å²) in [6.07, 6.45) is 3.53. The third-order valence-corrected chi connectivity index (χ3v) is 2.88. The largest absolute Gasteiger partial charge is 0.353 e. The van der Waals surface area contributed by atoms with Crippen molar-refractivity contribution in [3.8, 4) is 0 Å². The van der Waals surface area contributed by atoms with Crippen molar-refractivity contribution in [1.82, 2.24) is 15.6 Å². The number of guanidine groups is 1. The highest BCUT2D eigenvalue weighted by molar-refractivity contribution is 5.79. The second-order valence-electron chi connectivity index (χ2n) is 4.72. The highest BCUT2D eigenvalue weighted by Gasteiger charge is 2.21. The maximum atomic E-state index is 5.39. The van der Waals surface area contributed by atoms with E-state index in [0.29, 0.717) is 12.1 Å². The van der Waals surface area contributed by atoms with Crippen molar-refractivity contribution in [2.75, 3.05) is 20.1 Å². The van der Waals surface area contributed by atoms with Gasteiger partial charge in [-0.25, -0.2) is 5.84 Å². The van der Waals surface area contributed by atoms with Crippen LogP contribution in [0.3, 0.4) is 0 Å². The Labute approximate surface area is 98.4 Å². The van der Waals surface area contributed by atoms with Gasteiger partial charge in [0.25, 0.3) is 0 Å². The van der Waals surface area contributed by atoms with Crippen LogP contribution in [0.1, 0.15) is 33.1 Å². The average Bonchev–Trinajstić information content (AvgIpc) is 3.05. The summed E-state index contributed by atoms with van der Waals surface area (Å²) in [6.45, 7) is 6.29. The van der Waals surface area contributed by atoms with E-state index in [1.54, 1.807) is 0 Å². The minimum Gasteiger partial charge on any atom is -0.353 e. The summed E-state index contributed by atoms with van der Waals surface area (Å²) in [6, 6.07) is 1.19. The predicted molar refractivity (Wildman–Crippen MR) is 68.2 cm³/mol. The van der Waals surface area contributed by atoms with Gasteiger partial charge in [-0.05, 0) is 46.7 Å². The molecular formula is C11H25N5. The molecule has 0 amide bonds. The van der Waals surface area contributed by atoms with Crippen LogP contribution in [0.2, 0.25) is 0 Å². The Kier molecular flexibility index (Phi) is 5.55. The van der Waals surface area contributed by atoms with Gasteiger partial charge >= 0.3 is 0 Å². The van der Waals surface area contributed by atoms with Gasteiger partial charge < -0.3 is 10.2 Å². The van der Waals surface area contributed by atoms with Gasteiger partial charge in [-0.3, -0.25) is 10.4 Å². The molecule has 0 aromatic carbocycles. The summed E-state index contributed by atoms with van der Waals surface area (Å²) in [5.74, 6) is 6.12. The molecule has 0 heterocycles. The Bertz CT molecular complexity index is 222. The Hall–Kier alpha value is -0.810. The first-order valence-corrected chi connectivity index (χ1v) is 6.11. The van der Waals surface area contributed by atoms with Gasteiger partial charge in [0.2, 0.25) is 5.96 Å². The molecule has 1 rings (SSSR count). The van der Waals surface area contributed by atoms with Crippen molar-refractivity contribution in [1.29, 1.82) is 0 Å². The number of hydrazine groups is 1. The van der Waals surface area contributed by atoms with Crippen LogP contribution in [-0.2, 0) is 0 Å². The van der Waals surface area contributed by atoms with E-state index in [2.05, 4.69) is 41.5 Å². The topological polar surface area (TPSA) is 65.7 Å². The molecular weight excluding hydrogens is 202 g/mol. The van der Waals surface area contributed by atoms with Crippen LogP contribution < -0.4 is 16.6 Å². The summed E-state index contributed by atoms with van der Waals surface area (Å²) >= 11 is 0. The molecule has 4 N–H and O–H groups in total. The van der Waals surface area contributed by atoms with E-state index in [4.69, 9.17) is 5.84 Å². The van der Waals surface area contributed by atoms with E-state index < -0.39 is 0 Å². The van der Waals surface area contributed by atoms with Crippen LogP contribution in [0.4, 0.5) is 0 Å². The minimum atomic E-state index is 0.591. The minimum absolute atomic E-state index is 0.591. The van der Waals surface area contributed by atoms with Crippen molar-refractivity contribution in [3.63, 3.8) is 0 Å². The van der Waals surface area contributed by atoms with E-state index in [1.807, 2.05) is 0 Å². The first-order valence-electron chi connectivity index (χ1n) is 6.11. The fraction of sp³-hybridized carbons (Fsp3) is 0.909. The van der Waals surface area contributed by atoms with Crippen LogP contribution in [-0.4, -0.2) is 43.1 Å². The monoisotopic (exact) mass is 227 g/mol. The maximum Gasteiger partial charge on any atom is 0.205 e. The molecule has 1 aliphatic carbocycles. The van der Waals surface area contributed by atoms with Crippen molar-refractivity contribution in [3.05, 3.63) is 0 Å². The lowest BCUT2D eigenvalue weighted by Gasteiger charge is -2.20. The summed E-state index contributed by atoms with van der Waals surface area (Å²) in [4.78, 5) is 6.72. The Balaban J connectivity index is 2.12. The van der Waals surface area contributed by atoms with Gasteiger partial charge in [0.1, 0.15) is 0 Å². The van der Waals surface area contributed by atoms with Gasteiger partial charge in [-0.15, -0.1) is 0 Å². The van der Waals surface area contributed by atoms with E-state index in [9.17, 15) is 0 Å². The first-order chi connectivity index (χ1) is 7.63. The zero-order valence-electron chi connectivity index (χ0n) is 10.7. The molecule has 1 fully saturated rings. The maximum absolute atomic E-state index is 5.39. The highest BCUT2D eigenvalue weighted by Crippen LogP contribution is 2.18. The van der Waals surface area contributed by atoms with Gasteiger partial charge in [-0.1, -0.05) is 0 Å². The fourth-order valence-electron chi connectivity index (χ4n) is 1.32. The van der Waals surface area contributed by atoms with Gasteiger partial charge in [0.15, 0.2) is 0 Å². The van der Waals surface area contributed by atoms with E-state index in [-0.39, 0.29) is 0 Å². The summed E-state index contributed by atoms with van der Waals surface area (Å²) in [7, 11) is 2.14. The number of nitrogens with zero attached hydrogens (tertiary/aromatic N) is 2. The van der Waals surface area contributed by atoms with Crippen molar-refractivity contribution >= 4 is 5.96 Å². The molecule has 16 heavy (non-hydrogen) atoms. The Morgan fingerprint density at radius 1 is 1.50 bits per heavy atom. The lowest BCUT2D eigenvalue weighted by Crippen LogP contribution is -2.42. The molecule has 0 atom stereocenters. The van der Waals surface area contributed by atoms with E-state index in [0.717, 1.165) is 25.5 Å². The zero-order valence-corrected chi connectivity index (χ0v) is 10.7. The third-order valence-electron chi connectivity index (χ3n) is 2.88. The number of aliphatic imine (C=N–C) groups is 1. The normalized spacial score (nSPS) is 17.0. The lowest BCUT2D eigenvalue weighted by atomic mass is 10.3. The quantitative estimate of drug-likeness (QED) is 0.201. The predicted octanol–water partition coefficient (Wildman–Crippen LogP) is 0.288. The molecule has 0 aliphatic heterocycles. The Morgan fingerprint density at radius 3 is 2.69 bits per heavy atom. The molecule has 0 unspecified atom stereocenters. The fourth-order valence-corrected chi connectivity index (χ4v) is 1.32. The molecule has 0 aromatic heterocycles. The van der Waals surface area contributed by atoms with Gasteiger partial charge in [0, 0.05) is 18.6 Å². The second kappa shape index (κ2) is 6.70. The molecule has 0 aromatic rings. The number of nitrogens with one attached hydrogen (secondary N) is 2. The summed E-state index contributed by atoms with van der Waals surface area (Å²) in [5.41, 5.74) is 2.61. The van der Waals surface area contributed by atoms with Crippen molar-refractivity contribution in [2.24, 2.45) is 10.8 Å². The molecule has 5 heteroatoms. The van der Waals surface area contributed by atoms with Crippen LogP contribution in [0, 0.1) is 0 Å². The van der Waals surface area contributed by atoms with Gasteiger partial charge in [0.05, 0.1) is 0 Å². The van der Waals surface area contributed by atoms with Crippen LogP contribution >= 0.6 is 0 Å². The standard InChI is InChI=1S/C11H25N5/c1-9(2)16(3)8-4-7-13-11(15-12)14-10-5-6-10/h9-10H,4-8,12H2,1-3H3,(H2,13,14,15). The summed E-state index contributed by atoms with van der Waals surface area (Å²) in [5, 5.41) is 3.25. The Morgan fingerprint density at radius 2 is 2.19 bits per heavy atom. The molecule has 0 bridgehead atoms. The van der Waals surface area contributed by atoms with Gasteiger partial charge in [-0.2, -0.15) is 0 Å². The molecule has 5 nitrogen and oxygen atoms in total. The van der Waals surface area contributed by atoms with Crippen LogP contribution in [0.25, 0.3) is 0 Å². The van der Waals surface area contributed by atoms with Crippen molar-refractivity contribution < 1.29 is 0 Å². The van der Waals surface area contributed by atoms with Crippen LogP contribution in [0.5, 0.6) is 0 Å². The number of rotatable bonds is 6. The first kappa shape index (κ1) is 13.3. The van der Waals surface area contributed by atoms with E-state index in [1.165, 1.54) is 12.8 Å². The number of hydrogen-bond acceptors (Lipinski definition) is 3. The third kappa shape index (κ3) is 5.32. The van der Waals surface area contributed by atoms with E-state index >= 15 is 0 Å².